The molecule has 0 bridgehead atoms. The minimum Gasteiger partial charge on any atom is -0.352 e. The Bertz CT molecular complexity index is 215. The Labute approximate surface area is 85.3 Å². The van der Waals surface area contributed by atoms with Crippen LogP contribution in [0.5, 0.6) is 0 Å². The number of unbranched alkanes of at least 4 members (excludes halogenated alkanes) is 2. The van der Waals surface area contributed by atoms with E-state index in [-0.39, 0.29) is 0 Å². The van der Waals surface area contributed by atoms with Crippen molar-refractivity contribution in [3.05, 3.63) is 6.26 Å². The first-order chi connectivity index (χ1) is 6.88. The van der Waals surface area contributed by atoms with Crippen LogP contribution in [0.3, 0.4) is 0 Å². The lowest BCUT2D eigenvalue weighted by atomic mass is 10.2. The van der Waals surface area contributed by atoms with E-state index in [1.807, 2.05) is 0 Å². The van der Waals surface area contributed by atoms with E-state index in [0.29, 0.717) is 0 Å². The Morgan fingerprint density at radius 3 is 2.29 bits per heavy atom. The second kappa shape index (κ2) is 6.40. The van der Waals surface area contributed by atoms with E-state index in [9.17, 15) is 0 Å². The summed E-state index contributed by atoms with van der Waals surface area (Å²) in [7, 11) is 0. The van der Waals surface area contributed by atoms with Crippen LogP contribution in [0, 0.1) is 0 Å². The van der Waals surface area contributed by atoms with Crippen molar-refractivity contribution in [3.8, 4) is 0 Å². The Balaban J connectivity index is 2.44. The molecule has 14 heavy (non-hydrogen) atoms. The highest BCUT2D eigenvalue weighted by Crippen LogP contribution is 2.10. The van der Waals surface area contributed by atoms with E-state index in [4.69, 9.17) is 4.52 Å². The van der Waals surface area contributed by atoms with Crippen molar-refractivity contribution in [2.24, 2.45) is 0 Å². The highest BCUT2D eigenvalue weighted by Gasteiger charge is 2.08. The summed E-state index contributed by atoms with van der Waals surface area (Å²) in [5, 5.41) is 7.42. The Kier molecular flexibility index (Phi) is 5.04. The molecule has 1 aromatic heterocycles. The first-order valence-electron chi connectivity index (χ1n) is 5.40. The van der Waals surface area contributed by atoms with Crippen LogP contribution in [0.4, 0.5) is 5.82 Å². The van der Waals surface area contributed by atoms with Gasteiger partial charge in [-0.15, -0.1) is 0 Å². The molecule has 0 unspecified atom stereocenters. The molecule has 0 radical (unpaired) electrons. The van der Waals surface area contributed by atoms with Gasteiger partial charge in [-0.2, -0.15) is 0 Å². The Morgan fingerprint density at radius 2 is 1.86 bits per heavy atom. The van der Waals surface area contributed by atoms with E-state index in [2.05, 4.69) is 29.1 Å². The zero-order valence-electron chi connectivity index (χ0n) is 9.07. The fourth-order valence-corrected chi connectivity index (χ4v) is 1.34. The van der Waals surface area contributed by atoms with Crippen LogP contribution in [0.15, 0.2) is 10.8 Å². The second-order valence-electron chi connectivity index (χ2n) is 3.46. The normalized spacial score (nSPS) is 10.4. The summed E-state index contributed by atoms with van der Waals surface area (Å²) in [6, 6.07) is 0. The average molecular weight is 197 g/mol. The molecular weight excluding hydrogens is 178 g/mol. The summed E-state index contributed by atoms with van der Waals surface area (Å²) in [5.41, 5.74) is 0. The monoisotopic (exact) mass is 197 g/mol. The third-order valence-electron chi connectivity index (χ3n) is 2.24. The summed E-state index contributed by atoms with van der Waals surface area (Å²) in [6.07, 6.45) is 6.40. The van der Waals surface area contributed by atoms with Crippen molar-refractivity contribution >= 4 is 5.82 Å². The van der Waals surface area contributed by atoms with Gasteiger partial charge in [-0.1, -0.05) is 31.8 Å². The largest absolute Gasteiger partial charge is 0.352 e. The highest BCUT2D eigenvalue weighted by molar-refractivity contribution is 5.32. The van der Waals surface area contributed by atoms with Gasteiger partial charge in [-0.05, 0) is 12.8 Å². The van der Waals surface area contributed by atoms with Gasteiger partial charge in [0.2, 0.25) is 0 Å². The lowest BCUT2D eigenvalue weighted by Crippen LogP contribution is -2.25. The molecule has 0 aliphatic rings. The number of nitrogens with zero attached hydrogens (tertiary/aromatic N) is 3. The molecule has 0 atom stereocenters. The molecule has 1 rings (SSSR count). The third kappa shape index (κ3) is 3.36. The quantitative estimate of drug-likeness (QED) is 0.673. The lowest BCUT2D eigenvalue weighted by molar-refractivity contribution is 0.393. The number of rotatable bonds is 7. The molecule has 0 spiro atoms. The summed E-state index contributed by atoms with van der Waals surface area (Å²) in [4.78, 5) is 2.24. The van der Waals surface area contributed by atoms with Gasteiger partial charge < -0.3 is 9.42 Å². The Morgan fingerprint density at radius 1 is 1.21 bits per heavy atom. The fourth-order valence-electron chi connectivity index (χ4n) is 1.34. The zero-order valence-corrected chi connectivity index (χ0v) is 9.07. The van der Waals surface area contributed by atoms with Crippen LogP contribution in [0.2, 0.25) is 0 Å². The van der Waals surface area contributed by atoms with Crippen LogP contribution in [-0.2, 0) is 0 Å². The van der Waals surface area contributed by atoms with Crippen molar-refractivity contribution in [1.82, 2.24) is 10.4 Å². The summed E-state index contributed by atoms with van der Waals surface area (Å²) < 4.78 is 4.75. The molecular formula is C10H19N3O. The molecule has 0 aliphatic heterocycles. The molecule has 0 N–H and O–H groups in total. The number of hydrogen-bond acceptors (Lipinski definition) is 4. The highest BCUT2D eigenvalue weighted by atomic mass is 16.5. The standard InChI is InChI=1S/C10H19N3O/c1-3-5-7-13(8-6-4-2)10-9-14-12-11-10/h9H,3-8H2,1-2H3. The van der Waals surface area contributed by atoms with E-state index < -0.39 is 0 Å². The molecule has 0 saturated heterocycles. The van der Waals surface area contributed by atoms with E-state index in [0.717, 1.165) is 18.9 Å². The van der Waals surface area contributed by atoms with Crippen molar-refractivity contribution in [2.45, 2.75) is 39.5 Å². The fraction of sp³-hybridized carbons (Fsp3) is 0.800. The molecule has 80 valence electrons. The smallest absolute Gasteiger partial charge is 0.192 e. The van der Waals surface area contributed by atoms with Crippen LogP contribution in [-0.4, -0.2) is 23.5 Å². The van der Waals surface area contributed by atoms with Gasteiger partial charge in [-0.3, -0.25) is 0 Å². The van der Waals surface area contributed by atoms with Crippen molar-refractivity contribution in [1.29, 1.82) is 0 Å². The minimum absolute atomic E-state index is 0.868. The van der Waals surface area contributed by atoms with Gasteiger partial charge in [-0.25, -0.2) is 0 Å². The van der Waals surface area contributed by atoms with Gasteiger partial charge in [0.1, 0.15) is 0 Å². The predicted molar refractivity (Wildman–Crippen MR) is 56.3 cm³/mol. The summed E-state index contributed by atoms with van der Waals surface area (Å²) in [6.45, 7) is 6.48. The molecule has 0 amide bonds. The van der Waals surface area contributed by atoms with Gasteiger partial charge in [0.15, 0.2) is 12.1 Å². The average Bonchev–Trinajstić information content (AvgIpc) is 2.71. The topological polar surface area (TPSA) is 42.2 Å². The number of anilines is 1. The predicted octanol–water partition coefficient (Wildman–Crippen LogP) is 2.48. The van der Waals surface area contributed by atoms with E-state index in [1.165, 1.54) is 25.7 Å². The van der Waals surface area contributed by atoms with Gasteiger partial charge in [0.25, 0.3) is 0 Å². The molecule has 0 fully saturated rings. The van der Waals surface area contributed by atoms with Crippen molar-refractivity contribution in [2.75, 3.05) is 18.0 Å². The molecule has 4 nitrogen and oxygen atoms in total. The molecule has 1 aromatic rings. The van der Waals surface area contributed by atoms with Gasteiger partial charge in [0, 0.05) is 18.4 Å². The van der Waals surface area contributed by atoms with Crippen LogP contribution in [0.25, 0.3) is 0 Å². The first kappa shape index (κ1) is 11.0. The van der Waals surface area contributed by atoms with Crippen LogP contribution < -0.4 is 4.90 Å². The molecule has 0 aliphatic carbocycles. The summed E-state index contributed by atoms with van der Waals surface area (Å²) >= 11 is 0. The molecule has 0 aromatic carbocycles. The molecule has 1 heterocycles. The van der Waals surface area contributed by atoms with Gasteiger partial charge >= 0.3 is 0 Å². The maximum absolute atomic E-state index is 4.75. The second-order valence-corrected chi connectivity index (χ2v) is 3.46. The summed E-state index contributed by atoms with van der Waals surface area (Å²) in [5.74, 6) is 0.868. The third-order valence-corrected chi connectivity index (χ3v) is 2.24. The molecule has 4 heteroatoms. The van der Waals surface area contributed by atoms with E-state index >= 15 is 0 Å². The maximum Gasteiger partial charge on any atom is 0.192 e. The van der Waals surface area contributed by atoms with Crippen molar-refractivity contribution < 1.29 is 4.52 Å². The zero-order chi connectivity index (χ0) is 10.2. The minimum atomic E-state index is 0.868. The SMILES string of the molecule is CCCCN(CCCC)c1conn1. The van der Waals surface area contributed by atoms with Gasteiger partial charge in [0.05, 0.1) is 0 Å². The Hall–Kier alpha value is -1.06. The number of hydrogen-bond donors (Lipinski definition) is 0. The first-order valence-corrected chi connectivity index (χ1v) is 5.40. The maximum atomic E-state index is 4.75. The number of aromatic nitrogens is 2. The van der Waals surface area contributed by atoms with Crippen LogP contribution in [0.1, 0.15) is 39.5 Å². The van der Waals surface area contributed by atoms with Crippen LogP contribution >= 0.6 is 0 Å². The van der Waals surface area contributed by atoms with E-state index in [1.54, 1.807) is 6.26 Å². The molecule has 0 saturated carbocycles. The van der Waals surface area contributed by atoms with Crippen molar-refractivity contribution in [3.63, 3.8) is 0 Å². The lowest BCUT2D eigenvalue weighted by Gasteiger charge is -2.20.